The number of nitrogens with two attached hydrogens (primary N) is 1. The molecule has 0 atom stereocenters. The molecule has 1 heterocycles. The lowest BCUT2D eigenvalue weighted by molar-refractivity contribution is -0.138. The van der Waals surface area contributed by atoms with Crippen molar-refractivity contribution in [2.75, 3.05) is 5.73 Å². The molecule has 1 aromatic carbocycles. The van der Waals surface area contributed by atoms with Crippen LogP contribution in [0.15, 0.2) is 30.3 Å². The van der Waals surface area contributed by atoms with Gasteiger partial charge in [-0.25, -0.2) is 0 Å². The van der Waals surface area contributed by atoms with E-state index in [9.17, 15) is 18.0 Å². The van der Waals surface area contributed by atoms with E-state index in [1.807, 2.05) is 20.8 Å². The van der Waals surface area contributed by atoms with Gasteiger partial charge in [0.05, 0.1) is 10.4 Å². The third-order valence-electron chi connectivity index (χ3n) is 3.43. The Labute approximate surface area is 142 Å². The fourth-order valence-electron chi connectivity index (χ4n) is 2.32. The number of hydrogen-bond donors (Lipinski definition) is 2. The molecule has 130 valence electrons. The van der Waals surface area contributed by atoms with Gasteiger partial charge in [-0.1, -0.05) is 39.0 Å². The summed E-state index contributed by atoms with van der Waals surface area (Å²) < 4.78 is 38.9. The number of thiophene rings is 1. The summed E-state index contributed by atoms with van der Waals surface area (Å²) >= 11 is 1.26. The third kappa shape index (κ3) is 4.08. The topological polar surface area (TPSA) is 55.1 Å². The molecule has 24 heavy (non-hydrogen) atoms. The van der Waals surface area contributed by atoms with Crippen molar-refractivity contribution in [2.24, 2.45) is 0 Å². The molecule has 3 N–H and O–H groups in total. The second kappa shape index (κ2) is 6.47. The molecule has 0 spiro atoms. The van der Waals surface area contributed by atoms with Gasteiger partial charge in [-0.05, 0) is 23.1 Å². The van der Waals surface area contributed by atoms with Crippen molar-refractivity contribution < 1.29 is 18.0 Å². The van der Waals surface area contributed by atoms with Crippen molar-refractivity contribution in [3.8, 4) is 0 Å². The molecular formula is C17H19F3N2OS. The molecule has 7 heteroatoms. The average molecular weight is 356 g/mol. The number of anilines is 1. The van der Waals surface area contributed by atoms with E-state index in [4.69, 9.17) is 5.73 Å². The molecular weight excluding hydrogens is 337 g/mol. The minimum Gasteiger partial charge on any atom is -0.398 e. The smallest absolute Gasteiger partial charge is 0.398 e. The molecule has 0 aliphatic heterocycles. The van der Waals surface area contributed by atoms with Crippen molar-refractivity contribution in [3.63, 3.8) is 0 Å². The second-order valence-electron chi connectivity index (χ2n) is 6.48. The van der Waals surface area contributed by atoms with Gasteiger partial charge in [0.15, 0.2) is 0 Å². The normalized spacial score (nSPS) is 12.2. The van der Waals surface area contributed by atoms with Gasteiger partial charge in [-0.15, -0.1) is 11.3 Å². The Morgan fingerprint density at radius 1 is 1.21 bits per heavy atom. The molecule has 2 aromatic rings. The summed E-state index contributed by atoms with van der Waals surface area (Å²) in [6, 6.07) is 6.76. The maximum atomic E-state index is 13.0. The highest BCUT2D eigenvalue weighted by molar-refractivity contribution is 7.14. The Hall–Kier alpha value is -2.02. The molecule has 2 rings (SSSR count). The van der Waals surface area contributed by atoms with Crippen molar-refractivity contribution in [1.82, 2.24) is 5.32 Å². The summed E-state index contributed by atoms with van der Waals surface area (Å²) in [5.74, 6) is -0.431. The molecule has 0 saturated heterocycles. The van der Waals surface area contributed by atoms with Crippen LogP contribution in [-0.4, -0.2) is 5.91 Å². The van der Waals surface area contributed by atoms with Gasteiger partial charge in [0.1, 0.15) is 0 Å². The van der Waals surface area contributed by atoms with Crippen molar-refractivity contribution in [2.45, 2.75) is 38.9 Å². The van der Waals surface area contributed by atoms with Gasteiger partial charge in [0.2, 0.25) is 0 Å². The first-order chi connectivity index (χ1) is 11.0. The predicted octanol–water partition coefficient (Wildman–Crippen LogP) is 4.58. The summed E-state index contributed by atoms with van der Waals surface area (Å²) in [7, 11) is 0. The van der Waals surface area contributed by atoms with Crippen LogP contribution in [0.1, 0.15) is 46.4 Å². The number of benzene rings is 1. The maximum Gasteiger partial charge on any atom is 0.416 e. The Balaban J connectivity index is 2.16. The second-order valence-corrected chi connectivity index (χ2v) is 7.53. The highest BCUT2D eigenvalue weighted by Crippen LogP contribution is 2.35. The molecule has 0 saturated carbocycles. The zero-order valence-electron chi connectivity index (χ0n) is 13.6. The number of nitrogens with one attached hydrogen (secondary N) is 1. The molecule has 0 fully saturated rings. The molecule has 0 bridgehead atoms. The van der Waals surface area contributed by atoms with E-state index in [0.29, 0.717) is 10.6 Å². The van der Waals surface area contributed by atoms with Crippen LogP contribution in [0.3, 0.4) is 0 Å². The van der Waals surface area contributed by atoms with Crippen molar-refractivity contribution >= 4 is 22.9 Å². The standard InChI is InChI=1S/C17H19F3N2OS/c1-16(2,3)14-12(21)8-13(24-14)15(23)22-9-10-6-4-5-7-11(10)17(18,19)20/h4-8H,9,21H2,1-3H3,(H,22,23). The first-order valence-electron chi connectivity index (χ1n) is 7.33. The van der Waals surface area contributed by atoms with Crippen LogP contribution >= 0.6 is 11.3 Å². The highest BCUT2D eigenvalue weighted by Gasteiger charge is 2.33. The molecule has 3 nitrogen and oxygen atoms in total. The Bertz CT molecular complexity index is 745. The van der Waals surface area contributed by atoms with Crippen molar-refractivity contribution in [1.29, 1.82) is 0 Å². The summed E-state index contributed by atoms with van der Waals surface area (Å²) in [6.45, 7) is 5.75. The molecule has 0 aliphatic rings. The van der Waals surface area contributed by atoms with Gasteiger partial charge in [0.25, 0.3) is 5.91 Å². The number of carbonyl (C=O) groups excluding carboxylic acids is 1. The zero-order chi connectivity index (χ0) is 18.1. The summed E-state index contributed by atoms with van der Waals surface area (Å²) in [5, 5.41) is 2.54. The van der Waals surface area contributed by atoms with E-state index in [2.05, 4.69) is 5.32 Å². The minimum absolute atomic E-state index is 0.0268. The fourth-order valence-corrected chi connectivity index (χ4v) is 3.37. The Morgan fingerprint density at radius 2 is 1.83 bits per heavy atom. The van der Waals surface area contributed by atoms with Crippen LogP contribution in [0.5, 0.6) is 0 Å². The Kier molecular flexibility index (Phi) is 4.94. The highest BCUT2D eigenvalue weighted by atomic mass is 32.1. The average Bonchev–Trinajstić information content (AvgIpc) is 2.86. The minimum atomic E-state index is -4.45. The van der Waals surface area contributed by atoms with Gasteiger partial charge >= 0.3 is 6.18 Å². The zero-order valence-corrected chi connectivity index (χ0v) is 14.4. The lowest BCUT2D eigenvalue weighted by atomic mass is 9.94. The van der Waals surface area contributed by atoms with Gasteiger partial charge in [0, 0.05) is 17.1 Å². The van der Waals surface area contributed by atoms with Crippen LogP contribution in [-0.2, 0) is 18.1 Å². The number of hydrogen-bond acceptors (Lipinski definition) is 3. The first-order valence-corrected chi connectivity index (χ1v) is 8.15. The first kappa shape index (κ1) is 18.3. The lowest BCUT2D eigenvalue weighted by Crippen LogP contribution is -2.23. The predicted molar refractivity (Wildman–Crippen MR) is 90.0 cm³/mol. The quantitative estimate of drug-likeness (QED) is 0.846. The number of halogens is 3. The van der Waals surface area contributed by atoms with Crippen molar-refractivity contribution in [3.05, 3.63) is 51.2 Å². The number of nitrogen functional groups attached to an aromatic ring is 1. The number of amides is 1. The molecule has 0 radical (unpaired) electrons. The fraction of sp³-hybridized carbons (Fsp3) is 0.353. The molecule has 1 aromatic heterocycles. The van der Waals surface area contributed by atoms with E-state index < -0.39 is 17.6 Å². The van der Waals surface area contributed by atoms with E-state index in [1.165, 1.54) is 29.5 Å². The maximum absolute atomic E-state index is 13.0. The molecule has 0 unspecified atom stereocenters. The van der Waals surface area contributed by atoms with E-state index >= 15 is 0 Å². The van der Waals surface area contributed by atoms with Crippen LogP contribution in [0.2, 0.25) is 0 Å². The molecule has 0 aliphatic carbocycles. The van der Waals surface area contributed by atoms with Gasteiger partial charge in [-0.2, -0.15) is 13.2 Å². The van der Waals surface area contributed by atoms with Crippen LogP contribution in [0, 0.1) is 0 Å². The summed E-state index contributed by atoms with van der Waals surface area (Å²) in [5.41, 5.74) is 5.54. The van der Waals surface area contributed by atoms with Crippen LogP contribution < -0.4 is 11.1 Å². The SMILES string of the molecule is CC(C)(C)c1sc(C(=O)NCc2ccccc2C(F)(F)F)cc1N. The summed E-state index contributed by atoms with van der Waals surface area (Å²) in [6.07, 6.45) is -4.45. The van der Waals surface area contributed by atoms with Crippen LogP contribution in [0.4, 0.5) is 18.9 Å². The molecule has 1 amide bonds. The monoisotopic (exact) mass is 356 g/mol. The van der Waals surface area contributed by atoms with Gasteiger partial charge < -0.3 is 11.1 Å². The van der Waals surface area contributed by atoms with Gasteiger partial charge in [-0.3, -0.25) is 4.79 Å². The lowest BCUT2D eigenvalue weighted by Gasteiger charge is -2.16. The third-order valence-corrected chi connectivity index (χ3v) is 5.00. The number of carbonyl (C=O) groups is 1. The van der Waals surface area contributed by atoms with E-state index in [1.54, 1.807) is 6.07 Å². The summed E-state index contributed by atoms with van der Waals surface area (Å²) in [4.78, 5) is 13.5. The largest absolute Gasteiger partial charge is 0.416 e. The number of alkyl halides is 3. The van der Waals surface area contributed by atoms with Crippen LogP contribution in [0.25, 0.3) is 0 Å². The Morgan fingerprint density at radius 3 is 2.38 bits per heavy atom. The van der Waals surface area contributed by atoms with E-state index in [-0.39, 0.29) is 17.5 Å². The number of rotatable bonds is 3. The van der Waals surface area contributed by atoms with E-state index in [0.717, 1.165) is 10.9 Å².